The van der Waals surface area contributed by atoms with Gasteiger partial charge < -0.3 is 0 Å². The Morgan fingerprint density at radius 2 is 1.79 bits per heavy atom. The molecule has 84 valence electrons. The first kappa shape index (κ1) is 12.1. The highest BCUT2D eigenvalue weighted by atomic mass is 14.2. The molecule has 1 atom stereocenters. The summed E-state index contributed by atoms with van der Waals surface area (Å²) in [5.41, 5.74) is 0. The molecule has 1 unspecified atom stereocenters. The Morgan fingerprint density at radius 3 is 2.43 bits per heavy atom. The summed E-state index contributed by atoms with van der Waals surface area (Å²) >= 11 is 0. The standard InChI is InChI=1S/C14H28/c1-3-8-13(2)9-4-5-10-14-11-6-7-12-14/h13-14H,3-12H2,1-2H3. The van der Waals surface area contributed by atoms with E-state index in [4.69, 9.17) is 0 Å². The molecule has 0 saturated heterocycles. The molecule has 0 heteroatoms. The zero-order valence-corrected chi connectivity index (χ0v) is 10.2. The molecule has 0 heterocycles. The minimum Gasteiger partial charge on any atom is -0.0654 e. The lowest BCUT2D eigenvalue weighted by molar-refractivity contribution is 0.421. The SMILES string of the molecule is CCCC(C)CCCCC1CCCC1. The number of unbranched alkanes of at least 4 members (excludes halogenated alkanes) is 1. The monoisotopic (exact) mass is 196 g/mol. The van der Waals surface area contributed by atoms with Crippen LogP contribution in [0.3, 0.4) is 0 Å². The second-order valence-corrected chi connectivity index (χ2v) is 5.33. The second-order valence-electron chi connectivity index (χ2n) is 5.33. The highest BCUT2D eigenvalue weighted by Gasteiger charge is 2.14. The van der Waals surface area contributed by atoms with Crippen LogP contribution in [0.2, 0.25) is 0 Å². The van der Waals surface area contributed by atoms with E-state index in [2.05, 4.69) is 13.8 Å². The molecule has 1 fully saturated rings. The van der Waals surface area contributed by atoms with Gasteiger partial charge in [-0.05, 0) is 11.8 Å². The van der Waals surface area contributed by atoms with E-state index in [9.17, 15) is 0 Å². The van der Waals surface area contributed by atoms with Crippen LogP contribution >= 0.6 is 0 Å². The molecule has 0 aromatic carbocycles. The third-order valence-electron chi connectivity index (χ3n) is 3.82. The lowest BCUT2D eigenvalue weighted by atomic mass is 9.95. The summed E-state index contributed by atoms with van der Waals surface area (Å²) in [6.45, 7) is 4.72. The highest BCUT2D eigenvalue weighted by molar-refractivity contribution is 4.67. The maximum absolute atomic E-state index is 2.42. The first-order chi connectivity index (χ1) is 6.83. The van der Waals surface area contributed by atoms with Crippen LogP contribution in [0.1, 0.15) is 78.1 Å². The molecule has 0 radical (unpaired) electrons. The van der Waals surface area contributed by atoms with Crippen LogP contribution in [0.5, 0.6) is 0 Å². The van der Waals surface area contributed by atoms with Crippen LogP contribution in [0.4, 0.5) is 0 Å². The molecule has 0 spiro atoms. The van der Waals surface area contributed by atoms with Gasteiger partial charge in [0.2, 0.25) is 0 Å². The Hall–Kier alpha value is 0. The van der Waals surface area contributed by atoms with Crippen LogP contribution in [-0.2, 0) is 0 Å². The Balaban J connectivity index is 1.88. The van der Waals surface area contributed by atoms with Gasteiger partial charge in [0.1, 0.15) is 0 Å². The molecular weight excluding hydrogens is 168 g/mol. The van der Waals surface area contributed by atoms with Gasteiger partial charge in [-0.15, -0.1) is 0 Å². The summed E-state index contributed by atoms with van der Waals surface area (Å²) < 4.78 is 0. The van der Waals surface area contributed by atoms with E-state index in [0.29, 0.717) is 0 Å². The molecule has 1 saturated carbocycles. The summed E-state index contributed by atoms with van der Waals surface area (Å²) in [7, 11) is 0. The van der Waals surface area contributed by atoms with Crippen molar-refractivity contribution in [1.82, 2.24) is 0 Å². The Kier molecular flexibility index (Phi) is 6.31. The molecule has 1 aliphatic carbocycles. The van der Waals surface area contributed by atoms with Crippen molar-refractivity contribution < 1.29 is 0 Å². The van der Waals surface area contributed by atoms with Crippen molar-refractivity contribution in [1.29, 1.82) is 0 Å². The summed E-state index contributed by atoms with van der Waals surface area (Å²) in [6.07, 6.45) is 14.9. The molecule has 0 amide bonds. The van der Waals surface area contributed by atoms with Crippen LogP contribution < -0.4 is 0 Å². The van der Waals surface area contributed by atoms with E-state index < -0.39 is 0 Å². The van der Waals surface area contributed by atoms with Crippen molar-refractivity contribution in [3.05, 3.63) is 0 Å². The van der Waals surface area contributed by atoms with Crippen LogP contribution in [0, 0.1) is 11.8 Å². The first-order valence-electron chi connectivity index (χ1n) is 6.83. The lowest BCUT2D eigenvalue weighted by Crippen LogP contribution is -1.96. The minimum atomic E-state index is 0.976. The molecule has 14 heavy (non-hydrogen) atoms. The van der Waals surface area contributed by atoms with Crippen molar-refractivity contribution in [2.75, 3.05) is 0 Å². The largest absolute Gasteiger partial charge is 0.0654 e. The zero-order valence-electron chi connectivity index (χ0n) is 10.2. The minimum absolute atomic E-state index is 0.976. The maximum Gasteiger partial charge on any atom is -0.0414 e. The van der Waals surface area contributed by atoms with Crippen molar-refractivity contribution >= 4 is 0 Å². The van der Waals surface area contributed by atoms with Crippen molar-refractivity contribution in [3.8, 4) is 0 Å². The molecular formula is C14H28. The third kappa shape index (κ3) is 5.02. The molecule has 1 aliphatic rings. The Bertz CT molecular complexity index is 122. The molecule has 0 nitrogen and oxygen atoms in total. The highest BCUT2D eigenvalue weighted by Crippen LogP contribution is 2.29. The quantitative estimate of drug-likeness (QED) is 0.493. The van der Waals surface area contributed by atoms with E-state index >= 15 is 0 Å². The summed E-state index contributed by atoms with van der Waals surface area (Å²) in [5.74, 6) is 2.08. The predicted octanol–water partition coefficient (Wildman–Crippen LogP) is 5.17. The Morgan fingerprint density at radius 1 is 1.07 bits per heavy atom. The van der Waals surface area contributed by atoms with Gasteiger partial charge in [-0.25, -0.2) is 0 Å². The van der Waals surface area contributed by atoms with Gasteiger partial charge in [-0.1, -0.05) is 78.1 Å². The molecule has 0 aliphatic heterocycles. The van der Waals surface area contributed by atoms with Gasteiger partial charge in [0.15, 0.2) is 0 Å². The van der Waals surface area contributed by atoms with E-state index in [1.807, 2.05) is 0 Å². The van der Waals surface area contributed by atoms with Gasteiger partial charge in [0.25, 0.3) is 0 Å². The molecule has 1 rings (SSSR count). The number of rotatable bonds is 7. The summed E-state index contributed by atoms with van der Waals surface area (Å²) in [5, 5.41) is 0. The van der Waals surface area contributed by atoms with Gasteiger partial charge in [0, 0.05) is 0 Å². The lowest BCUT2D eigenvalue weighted by Gasteiger charge is -2.11. The van der Waals surface area contributed by atoms with E-state index in [1.54, 1.807) is 0 Å². The average molecular weight is 196 g/mol. The van der Waals surface area contributed by atoms with Gasteiger partial charge in [-0.2, -0.15) is 0 Å². The topological polar surface area (TPSA) is 0 Å². The average Bonchev–Trinajstić information content (AvgIpc) is 2.65. The van der Waals surface area contributed by atoms with E-state index in [-0.39, 0.29) is 0 Å². The normalized spacial score (nSPS) is 20.1. The number of hydrogen-bond donors (Lipinski definition) is 0. The smallest absolute Gasteiger partial charge is 0.0414 e. The molecule has 0 bridgehead atoms. The third-order valence-corrected chi connectivity index (χ3v) is 3.82. The maximum atomic E-state index is 2.42. The van der Waals surface area contributed by atoms with Gasteiger partial charge in [-0.3, -0.25) is 0 Å². The fraction of sp³-hybridized carbons (Fsp3) is 1.00. The van der Waals surface area contributed by atoms with E-state index in [0.717, 1.165) is 11.8 Å². The van der Waals surface area contributed by atoms with Gasteiger partial charge >= 0.3 is 0 Å². The zero-order chi connectivity index (χ0) is 10.2. The first-order valence-corrected chi connectivity index (χ1v) is 6.83. The van der Waals surface area contributed by atoms with Crippen molar-refractivity contribution in [3.63, 3.8) is 0 Å². The van der Waals surface area contributed by atoms with Crippen LogP contribution in [-0.4, -0.2) is 0 Å². The van der Waals surface area contributed by atoms with E-state index in [1.165, 1.54) is 64.2 Å². The molecule has 0 N–H and O–H groups in total. The summed E-state index contributed by atoms with van der Waals surface area (Å²) in [4.78, 5) is 0. The molecule has 0 aromatic rings. The van der Waals surface area contributed by atoms with Crippen molar-refractivity contribution in [2.24, 2.45) is 11.8 Å². The number of hydrogen-bond acceptors (Lipinski definition) is 0. The van der Waals surface area contributed by atoms with Crippen molar-refractivity contribution in [2.45, 2.75) is 78.1 Å². The molecule has 0 aromatic heterocycles. The van der Waals surface area contributed by atoms with Crippen LogP contribution in [0.15, 0.2) is 0 Å². The fourth-order valence-corrected chi connectivity index (χ4v) is 2.86. The summed E-state index contributed by atoms with van der Waals surface area (Å²) in [6, 6.07) is 0. The fourth-order valence-electron chi connectivity index (χ4n) is 2.86. The second kappa shape index (κ2) is 7.31. The van der Waals surface area contributed by atoms with Gasteiger partial charge in [0.05, 0.1) is 0 Å². The Labute approximate surface area is 90.5 Å². The predicted molar refractivity (Wildman–Crippen MR) is 64.5 cm³/mol. The van der Waals surface area contributed by atoms with Crippen LogP contribution in [0.25, 0.3) is 0 Å².